The zero-order valence-electron chi connectivity index (χ0n) is 10.6. The molecule has 17 heavy (non-hydrogen) atoms. The molecule has 1 heterocycles. The van der Waals surface area contributed by atoms with E-state index >= 15 is 0 Å². The second-order valence-corrected chi connectivity index (χ2v) is 4.23. The lowest BCUT2D eigenvalue weighted by Crippen LogP contribution is -2.41. The van der Waals surface area contributed by atoms with Crippen LogP contribution in [-0.2, 0) is 0 Å². The molecule has 0 saturated carbocycles. The fourth-order valence-electron chi connectivity index (χ4n) is 1.68. The first kappa shape index (κ1) is 13.5. The molecule has 4 nitrogen and oxygen atoms in total. The standard InChI is InChI=1S/C13H19N3O/c1-4-13(5-2,9-17)16-12-11(8-14)7-6-10(3)15-12/h6-7,17H,4-5,9H2,1-3H3,(H,15,16). The smallest absolute Gasteiger partial charge is 0.144 e. The summed E-state index contributed by atoms with van der Waals surface area (Å²) in [6.07, 6.45) is 1.56. The van der Waals surface area contributed by atoms with Crippen molar-refractivity contribution in [3.05, 3.63) is 23.4 Å². The molecule has 0 aliphatic carbocycles. The normalized spacial score (nSPS) is 11.0. The van der Waals surface area contributed by atoms with E-state index in [-0.39, 0.29) is 6.61 Å². The molecule has 1 rings (SSSR count). The van der Waals surface area contributed by atoms with Crippen molar-refractivity contribution in [2.45, 2.75) is 39.2 Å². The van der Waals surface area contributed by atoms with E-state index < -0.39 is 5.54 Å². The number of anilines is 1. The summed E-state index contributed by atoms with van der Waals surface area (Å²) in [4.78, 5) is 4.33. The Labute approximate surface area is 102 Å². The molecular formula is C13H19N3O. The van der Waals surface area contributed by atoms with Gasteiger partial charge in [-0.2, -0.15) is 5.26 Å². The van der Waals surface area contributed by atoms with Crippen LogP contribution in [0.3, 0.4) is 0 Å². The van der Waals surface area contributed by atoms with Crippen molar-refractivity contribution in [3.8, 4) is 6.07 Å². The van der Waals surface area contributed by atoms with Crippen molar-refractivity contribution in [1.29, 1.82) is 5.26 Å². The van der Waals surface area contributed by atoms with Gasteiger partial charge >= 0.3 is 0 Å². The number of hydrogen-bond donors (Lipinski definition) is 2. The van der Waals surface area contributed by atoms with E-state index in [1.165, 1.54) is 0 Å². The molecule has 0 fully saturated rings. The first-order chi connectivity index (χ1) is 8.10. The summed E-state index contributed by atoms with van der Waals surface area (Å²) < 4.78 is 0. The Kier molecular flexibility index (Phi) is 4.47. The summed E-state index contributed by atoms with van der Waals surface area (Å²) >= 11 is 0. The highest BCUT2D eigenvalue weighted by Gasteiger charge is 2.26. The molecule has 2 N–H and O–H groups in total. The Hall–Kier alpha value is -1.60. The molecule has 1 aromatic heterocycles. The van der Waals surface area contributed by atoms with Crippen LogP contribution in [0.25, 0.3) is 0 Å². The van der Waals surface area contributed by atoms with Crippen molar-refractivity contribution in [2.24, 2.45) is 0 Å². The molecule has 0 unspecified atom stereocenters. The van der Waals surface area contributed by atoms with E-state index in [2.05, 4.69) is 16.4 Å². The Balaban J connectivity index is 3.09. The lowest BCUT2D eigenvalue weighted by molar-refractivity contribution is 0.202. The Bertz CT molecular complexity index is 411. The summed E-state index contributed by atoms with van der Waals surface area (Å²) in [7, 11) is 0. The number of nitriles is 1. The quantitative estimate of drug-likeness (QED) is 0.818. The van der Waals surface area contributed by atoms with E-state index in [9.17, 15) is 5.11 Å². The third-order valence-electron chi connectivity index (χ3n) is 3.19. The number of rotatable bonds is 5. The molecule has 0 saturated heterocycles. The number of aryl methyl sites for hydroxylation is 1. The number of aromatic nitrogens is 1. The van der Waals surface area contributed by atoms with Crippen LogP contribution in [0.15, 0.2) is 12.1 Å². The van der Waals surface area contributed by atoms with Crippen molar-refractivity contribution < 1.29 is 5.11 Å². The average molecular weight is 233 g/mol. The molecule has 0 bridgehead atoms. The minimum atomic E-state index is -0.396. The van der Waals surface area contributed by atoms with Gasteiger partial charge in [0.05, 0.1) is 17.7 Å². The highest BCUT2D eigenvalue weighted by Crippen LogP contribution is 2.23. The molecule has 4 heteroatoms. The number of aliphatic hydroxyl groups excluding tert-OH is 1. The van der Waals surface area contributed by atoms with Crippen LogP contribution in [0, 0.1) is 18.3 Å². The number of hydrogen-bond acceptors (Lipinski definition) is 4. The van der Waals surface area contributed by atoms with Crippen molar-refractivity contribution >= 4 is 5.82 Å². The predicted octanol–water partition coefficient (Wildman–Crippen LogP) is 2.22. The summed E-state index contributed by atoms with van der Waals surface area (Å²) in [5.41, 5.74) is 0.965. The summed E-state index contributed by atoms with van der Waals surface area (Å²) in [5.74, 6) is 0.560. The minimum absolute atomic E-state index is 0.0283. The van der Waals surface area contributed by atoms with E-state index in [1.807, 2.05) is 26.8 Å². The van der Waals surface area contributed by atoms with Gasteiger partial charge in [0.1, 0.15) is 11.9 Å². The molecule has 92 valence electrons. The van der Waals surface area contributed by atoms with Crippen LogP contribution >= 0.6 is 0 Å². The van der Waals surface area contributed by atoms with Gasteiger partial charge in [-0.25, -0.2) is 4.98 Å². The van der Waals surface area contributed by atoms with Gasteiger partial charge < -0.3 is 10.4 Å². The van der Waals surface area contributed by atoms with Gasteiger partial charge in [-0.05, 0) is 31.9 Å². The third-order valence-corrected chi connectivity index (χ3v) is 3.19. The fourth-order valence-corrected chi connectivity index (χ4v) is 1.68. The number of pyridine rings is 1. The fraction of sp³-hybridized carbons (Fsp3) is 0.538. The molecule has 0 spiro atoms. The molecule has 0 aliphatic heterocycles. The minimum Gasteiger partial charge on any atom is -0.394 e. The largest absolute Gasteiger partial charge is 0.394 e. The summed E-state index contributed by atoms with van der Waals surface area (Å²) in [6.45, 7) is 5.93. The van der Waals surface area contributed by atoms with Gasteiger partial charge in [-0.1, -0.05) is 13.8 Å². The molecular weight excluding hydrogens is 214 g/mol. The van der Waals surface area contributed by atoms with Gasteiger partial charge in [-0.3, -0.25) is 0 Å². The SMILES string of the molecule is CCC(CC)(CO)Nc1nc(C)ccc1C#N. The van der Waals surface area contributed by atoms with Crippen molar-refractivity contribution in [2.75, 3.05) is 11.9 Å². The molecule has 0 radical (unpaired) electrons. The Morgan fingerprint density at radius 2 is 2.06 bits per heavy atom. The van der Waals surface area contributed by atoms with Crippen molar-refractivity contribution in [1.82, 2.24) is 4.98 Å². The van der Waals surface area contributed by atoms with Crippen LogP contribution in [0.1, 0.15) is 37.9 Å². The third kappa shape index (κ3) is 2.95. The van der Waals surface area contributed by atoms with Crippen molar-refractivity contribution in [3.63, 3.8) is 0 Å². The highest BCUT2D eigenvalue weighted by atomic mass is 16.3. The maximum Gasteiger partial charge on any atom is 0.144 e. The molecule has 1 aromatic rings. The van der Waals surface area contributed by atoms with Crippen LogP contribution in [0.2, 0.25) is 0 Å². The van der Waals surface area contributed by atoms with Crippen LogP contribution in [-0.4, -0.2) is 22.2 Å². The zero-order valence-corrected chi connectivity index (χ0v) is 10.6. The van der Waals surface area contributed by atoms with Gasteiger partial charge in [0, 0.05) is 5.69 Å². The highest BCUT2D eigenvalue weighted by molar-refractivity contribution is 5.53. The average Bonchev–Trinajstić information content (AvgIpc) is 2.36. The zero-order chi connectivity index (χ0) is 12.9. The monoisotopic (exact) mass is 233 g/mol. The Morgan fingerprint density at radius 3 is 2.53 bits per heavy atom. The predicted molar refractivity (Wildman–Crippen MR) is 67.7 cm³/mol. The van der Waals surface area contributed by atoms with Gasteiger partial charge in [0.2, 0.25) is 0 Å². The lowest BCUT2D eigenvalue weighted by atomic mass is 9.93. The first-order valence-electron chi connectivity index (χ1n) is 5.87. The second-order valence-electron chi connectivity index (χ2n) is 4.23. The maximum absolute atomic E-state index is 9.50. The van der Waals surface area contributed by atoms with Crippen LogP contribution in [0.5, 0.6) is 0 Å². The van der Waals surface area contributed by atoms with E-state index in [0.29, 0.717) is 11.4 Å². The van der Waals surface area contributed by atoms with E-state index in [4.69, 9.17) is 5.26 Å². The maximum atomic E-state index is 9.50. The topological polar surface area (TPSA) is 68.9 Å². The van der Waals surface area contributed by atoms with Gasteiger partial charge in [0.25, 0.3) is 0 Å². The molecule has 0 aliphatic rings. The number of nitrogens with one attached hydrogen (secondary N) is 1. The molecule has 0 atom stereocenters. The van der Waals surface area contributed by atoms with E-state index in [1.54, 1.807) is 6.07 Å². The first-order valence-corrected chi connectivity index (χ1v) is 5.87. The second kappa shape index (κ2) is 5.65. The van der Waals surface area contributed by atoms with Crippen LogP contribution < -0.4 is 5.32 Å². The Morgan fingerprint density at radius 1 is 1.41 bits per heavy atom. The molecule has 0 aromatic carbocycles. The summed E-state index contributed by atoms with van der Waals surface area (Å²) in [6, 6.07) is 5.67. The van der Waals surface area contributed by atoms with Gasteiger partial charge in [-0.15, -0.1) is 0 Å². The summed E-state index contributed by atoms with van der Waals surface area (Å²) in [5, 5.41) is 21.7. The van der Waals surface area contributed by atoms with Gasteiger partial charge in [0.15, 0.2) is 0 Å². The van der Waals surface area contributed by atoms with Crippen LogP contribution in [0.4, 0.5) is 5.82 Å². The molecule has 0 amide bonds. The lowest BCUT2D eigenvalue weighted by Gasteiger charge is -2.31. The number of aliphatic hydroxyl groups is 1. The van der Waals surface area contributed by atoms with E-state index in [0.717, 1.165) is 18.5 Å². The number of nitrogens with zero attached hydrogens (tertiary/aromatic N) is 2.